The van der Waals surface area contributed by atoms with Gasteiger partial charge in [0.25, 0.3) is 0 Å². The lowest BCUT2D eigenvalue weighted by Gasteiger charge is -2.36. The van der Waals surface area contributed by atoms with E-state index in [2.05, 4.69) is 17.1 Å². The summed E-state index contributed by atoms with van der Waals surface area (Å²) in [7, 11) is 0. The molecule has 0 spiro atoms. The third-order valence-electron chi connectivity index (χ3n) is 5.71. The number of urea groups is 1. The van der Waals surface area contributed by atoms with Gasteiger partial charge in [0, 0.05) is 30.1 Å². The Labute approximate surface area is 165 Å². The minimum Gasteiger partial charge on any atom is -0.378 e. The van der Waals surface area contributed by atoms with Crippen LogP contribution in [0.25, 0.3) is 10.9 Å². The van der Waals surface area contributed by atoms with Crippen molar-refractivity contribution in [3.05, 3.63) is 40.5 Å². The normalized spacial score (nSPS) is 18.2. The third-order valence-corrected chi connectivity index (χ3v) is 6.03. The van der Waals surface area contributed by atoms with E-state index in [0.717, 1.165) is 34.9 Å². The van der Waals surface area contributed by atoms with Crippen LogP contribution in [0.3, 0.4) is 0 Å². The first-order chi connectivity index (χ1) is 13.1. The van der Waals surface area contributed by atoms with E-state index in [-0.39, 0.29) is 12.1 Å². The van der Waals surface area contributed by atoms with Crippen LogP contribution in [-0.4, -0.2) is 53.2 Å². The topological polar surface area (TPSA) is 45.7 Å². The quantitative estimate of drug-likeness (QED) is 0.733. The van der Waals surface area contributed by atoms with Gasteiger partial charge < -0.3 is 14.5 Å². The largest absolute Gasteiger partial charge is 0.378 e. The van der Waals surface area contributed by atoms with Crippen LogP contribution in [0.5, 0.6) is 0 Å². The number of halogens is 1. The number of nitrogens with zero attached hydrogens (tertiary/aromatic N) is 3. The fourth-order valence-corrected chi connectivity index (χ4v) is 4.37. The van der Waals surface area contributed by atoms with Gasteiger partial charge in [-0.2, -0.15) is 0 Å². The number of benzene rings is 1. The van der Waals surface area contributed by atoms with Crippen molar-refractivity contribution in [2.75, 3.05) is 26.3 Å². The van der Waals surface area contributed by atoms with Crippen LogP contribution in [0.15, 0.2) is 24.3 Å². The van der Waals surface area contributed by atoms with E-state index in [1.54, 1.807) is 0 Å². The molecule has 1 aliphatic heterocycles. The second kappa shape index (κ2) is 8.03. The second-order valence-electron chi connectivity index (χ2n) is 7.53. The molecule has 1 saturated carbocycles. The zero-order valence-corrected chi connectivity index (χ0v) is 16.5. The van der Waals surface area contributed by atoms with E-state index in [1.807, 2.05) is 28.9 Å². The molecule has 1 aliphatic carbocycles. The lowest BCUT2D eigenvalue weighted by Crippen LogP contribution is -2.50. The lowest BCUT2D eigenvalue weighted by molar-refractivity contribution is 0.0383. The summed E-state index contributed by atoms with van der Waals surface area (Å²) < 4.78 is 5.41. The summed E-state index contributed by atoms with van der Waals surface area (Å²) in [6.07, 6.45) is 4.49. The van der Waals surface area contributed by atoms with Crippen LogP contribution in [-0.2, 0) is 11.3 Å². The fourth-order valence-electron chi connectivity index (χ4n) is 4.17. The molecule has 5 nitrogen and oxygen atoms in total. The maximum Gasteiger partial charge on any atom is 0.320 e. The van der Waals surface area contributed by atoms with Gasteiger partial charge in [-0.25, -0.2) is 9.78 Å². The van der Waals surface area contributed by atoms with Gasteiger partial charge in [0.1, 0.15) is 5.15 Å². The highest BCUT2D eigenvalue weighted by Crippen LogP contribution is 2.29. The number of amides is 2. The van der Waals surface area contributed by atoms with Crippen molar-refractivity contribution in [2.24, 2.45) is 0 Å². The standard InChI is InChI=1S/C21H26ClN3O2/c1-15-5-4-6-16-13-17(20(22)23-19(15)16)14-25(18-7-2-3-8-18)21(26)24-9-11-27-12-10-24/h4-6,13,18H,2-3,7-12,14H2,1H3. The van der Waals surface area contributed by atoms with Gasteiger partial charge in [-0.15, -0.1) is 0 Å². The maximum absolute atomic E-state index is 13.3. The van der Waals surface area contributed by atoms with Crippen molar-refractivity contribution in [1.29, 1.82) is 0 Å². The molecule has 0 bridgehead atoms. The molecule has 27 heavy (non-hydrogen) atoms. The zero-order chi connectivity index (χ0) is 18.8. The number of carbonyl (C=O) groups excluding carboxylic acids is 1. The van der Waals surface area contributed by atoms with Crippen LogP contribution >= 0.6 is 11.6 Å². The molecule has 2 heterocycles. The third kappa shape index (κ3) is 3.90. The molecule has 2 aliphatic rings. The van der Waals surface area contributed by atoms with Crippen LogP contribution in [0.4, 0.5) is 4.79 Å². The summed E-state index contributed by atoms with van der Waals surface area (Å²) in [5, 5.41) is 1.56. The fraction of sp³-hybridized carbons (Fsp3) is 0.524. The number of para-hydroxylation sites is 1. The van der Waals surface area contributed by atoms with Gasteiger partial charge >= 0.3 is 6.03 Å². The Morgan fingerprint density at radius 1 is 1.30 bits per heavy atom. The Hall–Kier alpha value is -1.85. The number of pyridine rings is 1. The number of hydrogen-bond donors (Lipinski definition) is 0. The number of ether oxygens (including phenoxy) is 1. The van der Waals surface area contributed by atoms with Crippen LogP contribution in [0.2, 0.25) is 5.15 Å². The monoisotopic (exact) mass is 387 g/mol. The highest BCUT2D eigenvalue weighted by molar-refractivity contribution is 6.30. The minimum atomic E-state index is 0.102. The summed E-state index contributed by atoms with van der Waals surface area (Å²) in [4.78, 5) is 21.8. The van der Waals surface area contributed by atoms with E-state index < -0.39 is 0 Å². The Balaban J connectivity index is 1.63. The number of aromatic nitrogens is 1. The van der Waals surface area contributed by atoms with Gasteiger partial charge in [-0.1, -0.05) is 42.6 Å². The summed E-state index contributed by atoms with van der Waals surface area (Å²) in [6, 6.07) is 8.60. The molecule has 0 radical (unpaired) electrons. The van der Waals surface area contributed by atoms with Crippen molar-refractivity contribution >= 4 is 28.5 Å². The molecule has 1 aromatic heterocycles. The average Bonchev–Trinajstić information content (AvgIpc) is 3.22. The second-order valence-corrected chi connectivity index (χ2v) is 7.89. The van der Waals surface area contributed by atoms with Crippen molar-refractivity contribution in [3.63, 3.8) is 0 Å². The van der Waals surface area contributed by atoms with Crippen molar-refractivity contribution in [1.82, 2.24) is 14.8 Å². The Kier molecular flexibility index (Phi) is 5.50. The predicted molar refractivity (Wildman–Crippen MR) is 107 cm³/mol. The number of hydrogen-bond acceptors (Lipinski definition) is 3. The van der Waals surface area contributed by atoms with E-state index in [4.69, 9.17) is 16.3 Å². The molecular weight excluding hydrogens is 362 g/mol. The number of fused-ring (bicyclic) bond motifs is 1. The lowest BCUT2D eigenvalue weighted by atomic mass is 10.1. The van der Waals surface area contributed by atoms with Gasteiger partial charge in [0.2, 0.25) is 0 Å². The van der Waals surface area contributed by atoms with Gasteiger partial charge in [-0.3, -0.25) is 0 Å². The molecule has 144 valence electrons. The number of carbonyl (C=O) groups is 1. The molecule has 1 saturated heterocycles. The minimum absolute atomic E-state index is 0.102. The van der Waals surface area contributed by atoms with Gasteiger partial charge in [-0.05, 0) is 31.4 Å². The molecule has 4 rings (SSSR count). The first-order valence-corrected chi connectivity index (χ1v) is 10.2. The summed E-state index contributed by atoms with van der Waals surface area (Å²) >= 11 is 6.53. The highest BCUT2D eigenvalue weighted by atomic mass is 35.5. The van der Waals surface area contributed by atoms with Crippen LogP contribution in [0, 0.1) is 6.92 Å². The van der Waals surface area contributed by atoms with Gasteiger partial charge in [0.15, 0.2) is 0 Å². The SMILES string of the molecule is Cc1cccc2cc(CN(C(=O)N3CCOCC3)C3CCCC3)c(Cl)nc12. The zero-order valence-electron chi connectivity index (χ0n) is 15.8. The first-order valence-electron chi connectivity index (χ1n) is 9.81. The molecule has 0 unspecified atom stereocenters. The summed E-state index contributed by atoms with van der Waals surface area (Å²) in [5.74, 6) is 0. The number of rotatable bonds is 3. The summed E-state index contributed by atoms with van der Waals surface area (Å²) in [6.45, 7) is 5.09. The first kappa shape index (κ1) is 18.5. The van der Waals surface area contributed by atoms with Crippen molar-refractivity contribution in [2.45, 2.75) is 45.2 Å². The van der Waals surface area contributed by atoms with Crippen LogP contribution < -0.4 is 0 Å². The van der Waals surface area contributed by atoms with E-state index in [9.17, 15) is 4.79 Å². The molecule has 0 atom stereocenters. The molecule has 2 aromatic rings. The molecule has 6 heteroatoms. The predicted octanol–water partition coefficient (Wildman–Crippen LogP) is 4.39. The smallest absolute Gasteiger partial charge is 0.320 e. The highest BCUT2D eigenvalue weighted by Gasteiger charge is 2.31. The Bertz CT molecular complexity index is 830. The van der Waals surface area contributed by atoms with Crippen molar-refractivity contribution < 1.29 is 9.53 Å². The van der Waals surface area contributed by atoms with Crippen molar-refractivity contribution in [3.8, 4) is 0 Å². The van der Waals surface area contributed by atoms with Gasteiger partial charge in [0.05, 0.1) is 25.3 Å². The molecule has 1 aromatic carbocycles. The Morgan fingerprint density at radius 3 is 2.78 bits per heavy atom. The average molecular weight is 388 g/mol. The molecule has 2 fully saturated rings. The Morgan fingerprint density at radius 2 is 2.04 bits per heavy atom. The molecular formula is C21H26ClN3O2. The molecule has 0 N–H and O–H groups in total. The number of aryl methyl sites for hydroxylation is 1. The number of morpholine rings is 1. The van der Waals surface area contributed by atoms with E-state index in [0.29, 0.717) is 38.0 Å². The maximum atomic E-state index is 13.3. The summed E-state index contributed by atoms with van der Waals surface area (Å²) in [5.41, 5.74) is 2.96. The van der Waals surface area contributed by atoms with Crippen LogP contribution in [0.1, 0.15) is 36.8 Å². The molecule has 2 amide bonds. The van der Waals surface area contributed by atoms with E-state index in [1.165, 1.54) is 12.8 Å². The van der Waals surface area contributed by atoms with E-state index >= 15 is 0 Å².